The summed E-state index contributed by atoms with van der Waals surface area (Å²) in [7, 11) is -2.40. The first-order chi connectivity index (χ1) is 15.4. The van der Waals surface area contributed by atoms with Crippen molar-refractivity contribution in [3.63, 3.8) is 0 Å². The second kappa shape index (κ2) is 9.58. The van der Waals surface area contributed by atoms with Crippen LogP contribution in [0.3, 0.4) is 0 Å². The van der Waals surface area contributed by atoms with Gasteiger partial charge in [-0.15, -0.1) is 0 Å². The van der Waals surface area contributed by atoms with Crippen molar-refractivity contribution < 1.29 is 17.9 Å². The first kappa shape index (κ1) is 22.7. The van der Waals surface area contributed by atoms with Crippen molar-refractivity contribution in [1.82, 2.24) is 9.88 Å². The Bertz CT molecular complexity index is 1190. The van der Waals surface area contributed by atoms with Crippen LogP contribution in [-0.2, 0) is 21.3 Å². The maximum absolute atomic E-state index is 13.2. The van der Waals surface area contributed by atoms with Crippen molar-refractivity contribution >= 4 is 26.5 Å². The third-order valence-corrected chi connectivity index (χ3v) is 7.95. The van der Waals surface area contributed by atoms with Gasteiger partial charge in [-0.05, 0) is 37.1 Å². The molecule has 1 N–H and O–H groups in total. The van der Waals surface area contributed by atoms with Crippen LogP contribution in [0.25, 0.3) is 11.3 Å². The molecular formula is C23H27N3O4S2. The zero-order valence-electron chi connectivity index (χ0n) is 18.4. The molecule has 3 aromatic rings. The molecule has 7 nitrogen and oxygen atoms in total. The van der Waals surface area contributed by atoms with Crippen molar-refractivity contribution in [3.8, 4) is 17.0 Å². The van der Waals surface area contributed by atoms with Gasteiger partial charge in [0.15, 0.2) is 5.13 Å². The van der Waals surface area contributed by atoms with E-state index >= 15 is 0 Å². The van der Waals surface area contributed by atoms with Gasteiger partial charge in [0.25, 0.3) is 10.0 Å². The molecule has 1 aromatic heterocycles. The fourth-order valence-electron chi connectivity index (χ4n) is 3.59. The number of ether oxygens (including phenoxy) is 2. The number of anilines is 1. The summed E-state index contributed by atoms with van der Waals surface area (Å²) in [6, 6.07) is 13.2. The van der Waals surface area contributed by atoms with Crippen LogP contribution < -0.4 is 9.46 Å². The molecule has 0 amide bonds. The summed E-state index contributed by atoms with van der Waals surface area (Å²) in [5, 5.41) is 0.340. The quantitative estimate of drug-likeness (QED) is 0.557. The highest BCUT2D eigenvalue weighted by atomic mass is 32.2. The fourth-order valence-corrected chi connectivity index (χ4v) is 6.09. The summed E-state index contributed by atoms with van der Waals surface area (Å²) in [5.74, 6) is 0.314. The second-order valence-corrected chi connectivity index (χ2v) is 10.5. The number of hydrogen-bond acceptors (Lipinski definition) is 7. The molecule has 1 aliphatic heterocycles. The monoisotopic (exact) mass is 473 g/mol. The van der Waals surface area contributed by atoms with Crippen LogP contribution in [0.1, 0.15) is 16.0 Å². The van der Waals surface area contributed by atoms with E-state index in [-0.39, 0.29) is 4.90 Å². The predicted octanol–water partition coefficient (Wildman–Crippen LogP) is 4.07. The number of thiazole rings is 1. The Hall–Kier alpha value is -2.46. The van der Waals surface area contributed by atoms with Gasteiger partial charge in [0, 0.05) is 30.1 Å². The second-order valence-electron chi connectivity index (χ2n) is 7.74. The first-order valence-corrected chi connectivity index (χ1v) is 12.7. The smallest absolute Gasteiger partial charge is 0.267 e. The van der Waals surface area contributed by atoms with E-state index in [0.717, 1.165) is 40.4 Å². The summed E-state index contributed by atoms with van der Waals surface area (Å²) in [6.07, 6.45) is 0. The molecular weight excluding hydrogens is 446 g/mol. The Balaban J connectivity index is 1.68. The van der Waals surface area contributed by atoms with Gasteiger partial charge in [-0.1, -0.05) is 41.7 Å². The molecule has 0 spiro atoms. The number of sulfonamides is 1. The number of methoxy groups -OCH3 is 1. The fraction of sp³-hybridized carbons (Fsp3) is 0.348. The van der Waals surface area contributed by atoms with Gasteiger partial charge < -0.3 is 9.47 Å². The van der Waals surface area contributed by atoms with Crippen LogP contribution in [0, 0.1) is 13.8 Å². The van der Waals surface area contributed by atoms with Crippen molar-refractivity contribution in [3.05, 3.63) is 58.5 Å². The number of morpholine rings is 1. The molecule has 1 aliphatic rings. The van der Waals surface area contributed by atoms with Gasteiger partial charge in [0.1, 0.15) is 10.6 Å². The molecule has 0 unspecified atom stereocenters. The Morgan fingerprint density at radius 3 is 2.50 bits per heavy atom. The van der Waals surface area contributed by atoms with Crippen LogP contribution in [-0.4, -0.2) is 51.7 Å². The van der Waals surface area contributed by atoms with E-state index in [1.165, 1.54) is 18.4 Å². The molecule has 9 heteroatoms. The van der Waals surface area contributed by atoms with Crippen LogP contribution in [0.5, 0.6) is 5.75 Å². The minimum absolute atomic E-state index is 0.106. The van der Waals surface area contributed by atoms with E-state index in [2.05, 4.69) is 14.6 Å². The van der Waals surface area contributed by atoms with Crippen LogP contribution in [0.15, 0.2) is 47.4 Å². The largest absolute Gasteiger partial charge is 0.495 e. The number of aromatic nitrogens is 1. The topological polar surface area (TPSA) is 80.8 Å². The minimum Gasteiger partial charge on any atom is -0.495 e. The molecule has 32 heavy (non-hydrogen) atoms. The van der Waals surface area contributed by atoms with Crippen molar-refractivity contribution in [2.24, 2.45) is 0 Å². The number of rotatable bonds is 7. The first-order valence-electron chi connectivity index (χ1n) is 10.4. The number of nitrogens with zero attached hydrogens (tertiary/aromatic N) is 2. The molecule has 2 heterocycles. The Morgan fingerprint density at radius 2 is 1.81 bits per heavy atom. The molecule has 2 aromatic carbocycles. The highest BCUT2D eigenvalue weighted by molar-refractivity contribution is 7.93. The van der Waals surface area contributed by atoms with Crippen LogP contribution in [0.2, 0.25) is 0 Å². The van der Waals surface area contributed by atoms with E-state index in [9.17, 15) is 8.42 Å². The third-order valence-electron chi connectivity index (χ3n) is 5.51. The molecule has 0 radical (unpaired) electrons. The van der Waals surface area contributed by atoms with Gasteiger partial charge in [0.2, 0.25) is 0 Å². The molecule has 170 valence electrons. The van der Waals surface area contributed by atoms with E-state index in [1.807, 2.05) is 44.2 Å². The lowest BCUT2D eigenvalue weighted by Crippen LogP contribution is -2.35. The lowest BCUT2D eigenvalue weighted by molar-refractivity contribution is 0.0347. The maximum atomic E-state index is 13.2. The zero-order chi connectivity index (χ0) is 22.7. The molecule has 0 atom stereocenters. The summed E-state index contributed by atoms with van der Waals surface area (Å²) in [4.78, 5) is 8.10. The van der Waals surface area contributed by atoms with E-state index in [4.69, 9.17) is 9.47 Å². The van der Waals surface area contributed by atoms with Crippen LogP contribution in [0.4, 0.5) is 5.13 Å². The third kappa shape index (κ3) is 4.96. The molecule has 0 bridgehead atoms. The summed E-state index contributed by atoms with van der Waals surface area (Å²) in [6.45, 7) is 7.58. The Morgan fingerprint density at radius 1 is 1.12 bits per heavy atom. The maximum Gasteiger partial charge on any atom is 0.267 e. The van der Waals surface area contributed by atoms with E-state index in [1.54, 1.807) is 12.1 Å². The average Bonchev–Trinajstić information content (AvgIpc) is 3.17. The van der Waals surface area contributed by atoms with Crippen molar-refractivity contribution in [1.29, 1.82) is 0 Å². The zero-order valence-corrected chi connectivity index (χ0v) is 20.1. The summed E-state index contributed by atoms with van der Waals surface area (Å²) in [5.41, 5.74) is 3.60. The summed E-state index contributed by atoms with van der Waals surface area (Å²) < 4.78 is 40.0. The summed E-state index contributed by atoms with van der Waals surface area (Å²) >= 11 is 1.37. The molecule has 4 rings (SSSR count). The Labute approximate surface area is 193 Å². The van der Waals surface area contributed by atoms with Gasteiger partial charge in [-0.2, -0.15) is 0 Å². The van der Waals surface area contributed by atoms with E-state index < -0.39 is 10.0 Å². The van der Waals surface area contributed by atoms with Gasteiger partial charge in [0.05, 0.1) is 26.0 Å². The molecule has 1 saturated heterocycles. The number of hydrogen-bond donors (Lipinski definition) is 1. The molecule has 1 fully saturated rings. The normalized spacial score (nSPS) is 15.0. The molecule has 0 saturated carbocycles. The van der Waals surface area contributed by atoms with Crippen LogP contribution >= 0.6 is 11.3 Å². The number of nitrogens with one attached hydrogen (secondary N) is 1. The van der Waals surface area contributed by atoms with Gasteiger partial charge in [-0.25, -0.2) is 13.4 Å². The number of aryl methyl sites for hydroxylation is 2. The number of benzene rings is 2. The van der Waals surface area contributed by atoms with Crippen molar-refractivity contribution in [2.75, 3.05) is 38.1 Å². The highest BCUT2D eigenvalue weighted by Crippen LogP contribution is 2.35. The molecule has 0 aliphatic carbocycles. The lowest BCUT2D eigenvalue weighted by Gasteiger charge is -2.26. The minimum atomic E-state index is -3.87. The average molecular weight is 474 g/mol. The van der Waals surface area contributed by atoms with Crippen molar-refractivity contribution in [2.45, 2.75) is 25.3 Å². The highest BCUT2D eigenvalue weighted by Gasteiger charge is 2.24. The van der Waals surface area contributed by atoms with E-state index in [0.29, 0.717) is 30.6 Å². The SMILES string of the molecule is COc1cc(C)c(C)cc1S(=O)(=O)Nc1nc(-c2ccccc2)c(CN2CCOCC2)s1. The lowest BCUT2D eigenvalue weighted by atomic mass is 10.1. The predicted molar refractivity (Wildman–Crippen MR) is 127 cm³/mol. The Kier molecular flexibility index (Phi) is 6.80. The van der Waals surface area contributed by atoms with Gasteiger partial charge >= 0.3 is 0 Å². The van der Waals surface area contributed by atoms with Gasteiger partial charge in [-0.3, -0.25) is 9.62 Å². The standard InChI is InChI=1S/C23H27N3O4S2/c1-16-13-19(29-3)21(14-17(16)2)32(27,28)25-23-24-22(18-7-5-4-6-8-18)20(31-23)15-26-9-11-30-12-10-26/h4-8,13-14H,9-12,15H2,1-3H3,(H,24,25).